The standard InChI is InChI=1S/C20H21N3O4S/c1-4-14-9-11-15(12-10-14)21-20(24)18-13-17(22-28(25,26)23(18)2)16-7-5-6-8-19(16)27-3/h5-13H,4H2,1-3H3,(H,21,24). The van der Waals surface area contributed by atoms with E-state index in [0.29, 0.717) is 17.0 Å². The number of nitrogens with one attached hydrogen (secondary N) is 1. The van der Waals surface area contributed by atoms with Gasteiger partial charge >= 0.3 is 10.2 Å². The lowest BCUT2D eigenvalue weighted by atomic mass is 10.1. The van der Waals surface area contributed by atoms with Crippen molar-refractivity contribution < 1.29 is 17.9 Å². The third-order valence-electron chi connectivity index (χ3n) is 4.41. The Labute approximate surface area is 164 Å². The summed E-state index contributed by atoms with van der Waals surface area (Å²) >= 11 is 0. The number of methoxy groups -OCH3 is 1. The maximum absolute atomic E-state index is 12.8. The summed E-state index contributed by atoms with van der Waals surface area (Å²) in [6, 6.07) is 14.3. The molecule has 2 aromatic carbocycles. The highest BCUT2D eigenvalue weighted by molar-refractivity contribution is 7.88. The SMILES string of the molecule is CCc1ccc(NC(=O)C2=CC(c3ccccc3OC)=NS(=O)(=O)N2C)cc1. The van der Waals surface area contributed by atoms with Gasteiger partial charge in [0.15, 0.2) is 0 Å². The van der Waals surface area contributed by atoms with Crippen LogP contribution in [0.3, 0.4) is 0 Å². The van der Waals surface area contributed by atoms with Crippen molar-refractivity contribution in [3.8, 4) is 5.75 Å². The summed E-state index contributed by atoms with van der Waals surface area (Å²) in [5.41, 5.74) is 2.31. The summed E-state index contributed by atoms with van der Waals surface area (Å²) in [4.78, 5) is 12.8. The molecule has 0 atom stereocenters. The molecule has 28 heavy (non-hydrogen) atoms. The number of anilines is 1. The third-order valence-corrected chi connectivity index (χ3v) is 5.72. The lowest BCUT2D eigenvalue weighted by molar-refractivity contribution is -0.113. The van der Waals surface area contributed by atoms with Gasteiger partial charge in [0.25, 0.3) is 5.91 Å². The van der Waals surface area contributed by atoms with Crippen molar-refractivity contribution in [3.63, 3.8) is 0 Å². The summed E-state index contributed by atoms with van der Waals surface area (Å²) in [5, 5.41) is 2.73. The predicted octanol–water partition coefficient (Wildman–Crippen LogP) is 2.76. The number of rotatable bonds is 5. The van der Waals surface area contributed by atoms with Gasteiger partial charge in [-0.25, -0.2) is 4.31 Å². The fourth-order valence-corrected chi connectivity index (χ4v) is 3.67. The van der Waals surface area contributed by atoms with E-state index < -0.39 is 16.1 Å². The molecule has 3 rings (SSSR count). The number of carbonyl (C=O) groups excluding carboxylic acids is 1. The van der Waals surface area contributed by atoms with Crippen LogP contribution in [0.25, 0.3) is 0 Å². The van der Waals surface area contributed by atoms with E-state index in [0.717, 1.165) is 16.3 Å². The van der Waals surface area contributed by atoms with Gasteiger partial charge in [-0.2, -0.15) is 8.42 Å². The van der Waals surface area contributed by atoms with E-state index >= 15 is 0 Å². The number of aryl methyl sites for hydroxylation is 1. The molecule has 1 N–H and O–H groups in total. The molecule has 0 bridgehead atoms. The van der Waals surface area contributed by atoms with E-state index in [9.17, 15) is 13.2 Å². The molecule has 0 radical (unpaired) electrons. The molecule has 1 aliphatic rings. The Morgan fingerprint density at radius 1 is 1.14 bits per heavy atom. The highest BCUT2D eigenvalue weighted by Gasteiger charge is 2.30. The van der Waals surface area contributed by atoms with Crippen molar-refractivity contribution in [3.05, 3.63) is 71.4 Å². The zero-order valence-corrected chi connectivity index (χ0v) is 16.7. The zero-order chi connectivity index (χ0) is 20.3. The summed E-state index contributed by atoms with van der Waals surface area (Å²) in [6.07, 6.45) is 2.33. The van der Waals surface area contributed by atoms with Crippen molar-refractivity contribution in [1.82, 2.24) is 4.31 Å². The number of carbonyl (C=O) groups is 1. The first-order chi connectivity index (χ1) is 13.4. The third kappa shape index (κ3) is 3.91. The van der Waals surface area contributed by atoms with Crippen LogP contribution in [0.4, 0.5) is 5.69 Å². The van der Waals surface area contributed by atoms with E-state index in [4.69, 9.17) is 4.74 Å². The van der Waals surface area contributed by atoms with Crippen molar-refractivity contribution in [2.24, 2.45) is 4.40 Å². The van der Waals surface area contributed by atoms with Gasteiger partial charge in [-0.3, -0.25) is 4.79 Å². The maximum Gasteiger partial charge on any atom is 0.345 e. The minimum Gasteiger partial charge on any atom is -0.496 e. The van der Waals surface area contributed by atoms with Gasteiger partial charge in [0.1, 0.15) is 11.4 Å². The summed E-state index contributed by atoms with van der Waals surface area (Å²) in [7, 11) is -1.26. The second-order valence-corrected chi connectivity index (χ2v) is 7.78. The topological polar surface area (TPSA) is 88.1 Å². The number of ether oxygens (including phenoxy) is 1. The van der Waals surface area contributed by atoms with Crippen LogP contribution >= 0.6 is 0 Å². The monoisotopic (exact) mass is 399 g/mol. The van der Waals surface area contributed by atoms with Crippen LogP contribution in [-0.4, -0.2) is 38.5 Å². The van der Waals surface area contributed by atoms with Crippen molar-refractivity contribution in [1.29, 1.82) is 0 Å². The Morgan fingerprint density at radius 2 is 1.82 bits per heavy atom. The van der Waals surface area contributed by atoms with Gasteiger partial charge in [-0.1, -0.05) is 31.2 Å². The second kappa shape index (κ2) is 7.85. The number of nitrogens with zero attached hydrogens (tertiary/aromatic N) is 2. The first-order valence-electron chi connectivity index (χ1n) is 8.70. The molecule has 2 aromatic rings. The van der Waals surface area contributed by atoms with Crippen LogP contribution in [0.2, 0.25) is 0 Å². The minimum absolute atomic E-state index is 0.0320. The largest absolute Gasteiger partial charge is 0.496 e. The van der Waals surface area contributed by atoms with Crippen molar-refractivity contribution in [2.75, 3.05) is 19.5 Å². The number of para-hydroxylation sites is 1. The Hall–Kier alpha value is -3.13. The molecule has 1 aliphatic heterocycles. The van der Waals surface area contributed by atoms with Crippen molar-refractivity contribution in [2.45, 2.75) is 13.3 Å². The summed E-state index contributed by atoms with van der Waals surface area (Å²) in [5.74, 6) is -0.0789. The van der Waals surface area contributed by atoms with Gasteiger partial charge in [0.2, 0.25) is 0 Å². The van der Waals surface area contributed by atoms with Gasteiger partial charge in [-0.15, -0.1) is 4.40 Å². The number of hydrogen-bond donors (Lipinski definition) is 1. The predicted molar refractivity (Wildman–Crippen MR) is 109 cm³/mol. The normalized spacial score (nSPS) is 15.5. The fourth-order valence-electron chi connectivity index (χ4n) is 2.77. The number of benzene rings is 2. The smallest absolute Gasteiger partial charge is 0.345 e. The molecule has 0 aliphatic carbocycles. The van der Waals surface area contributed by atoms with Crippen molar-refractivity contribution >= 4 is 27.5 Å². The highest BCUT2D eigenvalue weighted by atomic mass is 32.2. The molecule has 8 heteroatoms. The Balaban J connectivity index is 1.97. The molecule has 146 valence electrons. The summed E-state index contributed by atoms with van der Waals surface area (Å²) in [6.45, 7) is 2.04. The van der Waals surface area contributed by atoms with Crippen LogP contribution in [0.1, 0.15) is 18.1 Å². The molecule has 1 amide bonds. The fraction of sp³-hybridized carbons (Fsp3) is 0.200. The molecular weight excluding hydrogens is 378 g/mol. The van der Waals surface area contributed by atoms with Crippen LogP contribution in [0.15, 0.2) is 64.7 Å². The molecule has 0 aromatic heterocycles. The van der Waals surface area contributed by atoms with Gasteiger partial charge < -0.3 is 10.1 Å². The first-order valence-corrected chi connectivity index (χ1v) is 10.1. The molecule has 0 fully saturated rings. The Kier molecular flexibility index (Phi) is 5.51. The lowest BCUT2D eigenvalue weighted by Crippen LogP contribution is -2.35. The first kappa shape index (κ1) is 19.6. The van der Waals surface area contributed by atoms with Gasteiger partial charge in [0.05, 0.1) is 12.8 Å². The van der Waals surface area contributed by atoms with E-state index in [1.165, 1.54) is 20.2 Å². The number of likely N-dealkylation sites (N-methyl/N-ethyl adjacent to an activating group) is 1. The number of allylic oxidation sites excluding steroid dienone is 1. The zero-order valence-electron chi connectivity index (χ0n) is 15.8. The molecule has 1 heterocycles. The Bertz CT molecular complexity index is 1060. The lowest BCUT2D eigenvalue weighted by Gasteiger charge is -2.24. The van der Waals surface area contributed by atoms with Crippen LogP contribution in [-0.2, 0) is 21.4 Å². The molecular formula is C20H21N3O4S. The average Bonchev–Trinajstić information content (AvgIpc) is 2.70. The summed E-state index contributed by atoms with van der Waals surface area (Å²) < 4.78 is 35.0. The molecule has 0 saturated heterocycles. The molecule has 7 nitrogen and oxygen atoms in total. The van der Waals surface area contributed by atoms with E-state index in [1.54, 1.807) is 36.4 Å². The molecule has 0 spiro atoms. The molecule has 0 unspecified atom stereocenters. The quantitative estimate of drug-likeness (QED) is 0.837. The maximum atomic E-state index is 12.8. The van der Waals surface area contributed by atoms with Crippen LogP contribution in [0, 0.1) is 0 Å². The minimum atomic E-state index is -4.04. The molecule has 0 saturated carbocycles. The van der Waals surface area contributed by atoms with Gasteiger partial charge in [0, 0.05) is 18.3 Å². The van der Waals surface area contributed by atoms with E-state index in [1.807, 2.05) is 19.1 Å². The number of hydrogen-bond acceptors (Lipinski definition) is 4. The van der Waals surface area contributed by atoms with Crippen LogP contribution < -0.4 is 10.1 Å². The highest BCUT2D eigenvalue weighted by Crippen LogP contribution is 2.25. The second-order valence-electron chi connectivity index (χ2n) is 6.16. The number of amides is 1. The van der Waals surface area contributed by atoms with Gasteiger partial charge in [-0.05, 0) is 42.3 Å². The van der Waals surface area contributed by atoms with E-state index in [-0.39, 0.29) is 11.4 Å². The average molecular weight is 399 g/mol. The van der Waals surface area contributed by atoms with Crippen LogP contribution in [0.5, 0.6) is 5.75 Å². The van der Waals surface area contributed by atoms with E-state index in [2.05, 4.69) is 9.71 Å². The Morgan fingerprint density at radius 3 is 2.46 bits per heavy atom.